The standard InChI is InChI=1S/C14H11NO6S/c16-13(10-4-2-1-3-5-10)20-8-9-21-14(17)11-6-7-12(22-11)15(18)19/h1-7H,8-9H2. The molecule has 0 N–H and O–H groups in total. The fraction of sp³-hybridized carbons (Fsp3) is 0.143. The minimum absolute atomic E-state index is 0.0903. The summed E-state index contributed by atoms with van der Waals surface area (Å²) in [6.45, 7) is -0.212. The zero-order valence-electron chi connectivity index (χ0n) is 11.3. The van der Waals surface area contributed by atoms with Crippen LogP contribution in [0.2, 0.25) is 0 Å². The summed E-state index contributed by atoms with van der Waals surface area (Å²) >= 11 is 0.729. The molecule has 114 valence electrons. The topological polar surface area (TPSA) is 95.7 Å². The Morgan fingerprint density at radius 2 is 1.64 bits per heavy atom. The van der Waals surface area contributed by atoms with E-state index in [0.717, 1.165) is 11.3 Å². The third-order valence-corrected chi connectivity index (χ3v) is 3.55. The van der Waals surface area contributed by atoms with Gasteiger partial charge in [-0.25, -0.2) is 9.59 Å². The molecule has 0 aliphatic carbocycles. The first-order chi connectivity index (χ1) is 10.6. The predicted octanol–water partition coefficient (Wildman–Crippen LogP) is 2.67. The largest absolute Gasteiger partial charge is 0.458 e. The third kappa shape index (κ3) is 4.13. The first-order valence-electron chi connectivity index (χ1n) is 6.21. The summed E-state index contributed by atoms with van der Waals surface area (Å²) in [5, 5.41) is 10.4. The van der Waals surface area contributed by atoms with Gasteiger partial charge in [0.15, 0.2) is 0 Å². The second kappa shape index (κ2) is 7.32. The van der Waals surface area contributed by atoms with Crippen molar-refractivity contribution in [1.82, 2.24) is 0 Å². The number of esters is 2. The molecule has 1 heterocycles. The number of hydrogen-bond donors (Lipinski definition) is 0. The highest BCUT2D eigenvalue weighted by atomic mass is 32.1. The van der Waals surface area contributed by atoms with Crippen LogP contribution < -0.4 is 0 Å². The van der Waals surface area contributed by atoms with Crippen molar-refractivity contribution in [2.24, 2.45) is 0 Å². The molecule has 0 spiro atoms. The fourth-order valence-electron chi connectivity index (χ4n) is 1.53. The van der Waals surface area contributed by atoms with Gasteiger partial charge >= 0.3 is 16.9 Å². The summed E-state index contributed by atoms with van der Waals surface area (Å²) in [4.78, 5) is 33.3. The van der Waals surface area contributed by atoms with Crippen molar-refractivity contribution in [3.8, 4) is 0 Å². The van der Waals surface area contributed by atoms with Gasteiger partial charge in [-0.05, 0) is 18.2 Å². The van der Waals surface area contributed by atoms with Crippen molar-refractivity contribution in [3.63, 3.8) is 0 Å². The molecule has 2 aromatic rings. The Bertz CT molecular complexity index is 682. The summed E-state index contributed by atoms with van der Waals surface area (Å²) in [5.41, 5.74) is 0.405. The van der Waals surface area contributed by atoms with Gasteiger partial charge in [-0.15, -0.1) is 0 Å². The zero-order chi connectivity index (χ0) is 15.9. The van der Waals surface area contributed by atoms with Crippen LogP contribution in [0.3, 0.4) is 0 Å². The van der Waals surface area contributed by atoms with Crippen LogP contribution in [0.15, 0.2) is 42.5 Å². The van der Waals surface area contributed by atoms with Crippen molar-refractivity contribution in [2.75, 3.05) is 13.2 Å². The lowest BCUT2D eigenvalue weighted by Gasteiger charge is -2.05. The zero-order valence-corrected chi connectivity index (χ0v) is 12.1. The lowest BCUT2D eigenvalue weighted by molar-refractivity contribution is -0.380. The molecular weight excluding hydrogens is 310 g/mol. The van der Waals surface area contributed by atoms with Crippen molar-refractivity contribution in [2.45, 2.75) is 0 Å². The molecular formula is C14H11NO6S. The second-order valence-corrected chi connectivity index (χ2v) is 5.10. The molecule has 1 aromatic heterocycles. The van der Waals surface area contributed by atoms with Gasteiger partial charge in [-0.3, -0.25) is 10.1 Å². The quantitative estimate of drug-likeness (QED) is 0.351. The first kappa shape index (κ1) is 15.6. The molecule has 0 aliphatic rings. The number of carbonyl (C=O) groups is 2. The number of benzene rings is 1. The molecule has 22 heavy (non-hydrogen) atoms. The maximum Gasteiger partial charge on any atom is 0.348 e. The van der Waals surface area contributed by atoms with E-state index >= 15 is 0 Å². The highest BCUT2D eigenvalue weighted by Gasteiger charge is 2.16. The van der Waals surface area contributed by atoms with Crippen LogP contribution in [0.4, 0.5) is 5.00 Å². The van der Waals surface area contributed by atoms with E-state index in [4.69, 9.17) is 9.47 Å². The summed E-state index contributed by atoms with van der Waals surface area (Å²) in [7, 11) is 0. The monoisotopic (exact) mass is 321 g/mol. The molecule has 0 fully saturated rings. The average Bonchev–Trinajstić information content (AvgIpc) is 3.02. The molecule has 0 bridgehead atoms. The van der Waals surface area contributed by atoms with Crippen molar-refractivity contribution >= 4 is 28.3 Å². The Kier molecular flexibility index (Phi) is 5.21. The van der Waals surface area contributed by atoms with E-state index in [1.807, 2.05) is 0 Å². The molecule has 0 unspecified atom stereocenters. The Labute approximate surface area is 129 Å². The highest BCUT2D eigenvalue weighted by molar-refractivity contribution is 7.17. The van der Waals surface area contributed by atoms with E-state index in [0.29, 0.717) is 5.56 Å². The molecule has 0 saturated heterocycles. The average molecular weight is 321 g/mol. The van der Waals surface area contributed by atoms with Crippen molar-refractivity contribution in [3.05, 3.63) is 63.0 Å². The Hall–Kier alpha value is -2.74. The van der Waals surface area contributed by atoms with Crippen LogP contribution in [0, 0.1) is 10.1 Å². The van der Waals surface area contributed by atoms with Gasteiger partial charge < -0.3 is 9.47 Å². The lowest BCUT2D eigenvalue weighted by Crippen LogP contribution is -2.13. The first-order valence-corrected chi connectivity index (χ1v) is 7.03. The number of thiophene rings is 1. The summed E-state index contributed by atoms with van der Waals surface area (Å²) in [6.07, 6.45) is 0. The van der Waals surface area contributed by atoms with Crippen LogP contribution in [-0.4, -0.2) is 30.1 Å². The number of carbonyl (C=O) groups excluding carboxylic acids is 2. The second-order valence-electron chi connectivity index (χ2n) is 4.03. The number of ether oxygens (including phenoxy) is 2. The van der Waals surface area contributed by atoms with E-state index in [-0.39, 0.29) is 23.1 Å². The predicted molar refractivity (Wildman–Crippen MR) is 78.0 cm³/mol. The van der Waals surface area contributed by atoms with Crippen LogP contribution in [0.1, 0.15) is 20.0 Å². The lowest BCUT2D eigenvalue weighted by atomic mass is 10.2. The van der Waals surface area contributed by atoms with E-state index in [1.165, 1.54) is 12.1 Å². The summed E-state index contributed by atoms with van der Waals surface area (Å²) in [5.74, 6) is -1.20. The molecule has 0 amide bonds. The van der Waals surface area contributed by atoms with Crippen LogP contribution in [0.25, 0.3) is 0 Å². The van der Waals surface area contributed by atoms with Gasteiger partial charge in [0, 0.05) is 6.07 Å². The Morgan fingerprint density at radius 3 is 2.23 bits per heavy atom. The van der Waals surface area contributed by atoms with Gasteiger partial charge in [-0.2, -0.15) is 0 Å². The molecule has 0 radical (unpaired) electrons. The highest BCUT2D eigenvalue weighted by Crippen LogP contribution is 2.24. The molecule has 0 aliphatic heterocycles. The van der Waals surface area contributed by atoms with Crippen LogP contribution >= 0.6 is 11.3 Å². The van der Waals surface area contributed by atoms with Gasteiger partial charge in [0.25, 0.3) is 0 Å². The van der Waals surface area contributed by atoms with Crippen LogP contribution in [-0.2, 0) is 9.47 Å². The summed E-state index contributed by atoms with van der Waals surface area (Å²) < 4.78 is 9.82. The van der Waals surface area contributed by atoms with Gasteiger partial charge in [0.2, 0.25) is 0 Å². The minimum Gasteiger partial charge on any atom is -0.458 e. The molecule has 8 heteroatoms. The van der Waals surface area contributed by atoms with Gasteiger partial charge in [0.1, 0.15) is 18.1 Å². The van der Waals surface area contributed by atoms with Crippen LogP contribution in [0.5, 0.6) is 0 Å². The summed E-state index contributed by atoms with van der Waals surface area (Å²) in [6, 6.07) is 11.0. The SMILES string of the molecule is O=C(OCCOC(=O)c1ccc([N+](=O)[O-])s1)c1ccccc1. The van der Waals surface area contributed by atoms with E-state index in [9.17, 15) is 19.7 Å². The molecule has 2 rings (SSSR count). The molecule has 7 nitrogen and oxygen atoms in total. The normalized spacial score (nSPS) is 10.0. The minimum atomic E-state index is -0.686. The van der Waals surface area contributed by atoms with Crippen molar-refractivity contribution < 1.29 is 24.0 Å². The fourth-order valence-corrected chi connectivity index (χ4v) is 2.25. The maximum absolute atomic E-state index is 11.6. The van der Waals surface area contributed by atoms with E-state index in [1.54, 1.807) is 30.3 Å². The van der Waals surface area contributed by atoms with E-state index in [2.05, 4.69) is 0 Å². The number of nitro groups is 1. The maximum atomic E-state index is 11.6. The van der Waals surface area contributed by atoms with Gasteiger partial charge in [-0.1, -0.05) is 29.5 Å². The molecule has 0 atom stereocenters. The van der Waals surface area contributed by atoms with E-state index < -0.39 is 16.9 Å². The van der Waals surface area contributed by atoms with Gasteiger partial charge in [0.05, 0.1) is 10.5 Å². The molecule has 1 aromatic carbocycles. The third-order valence-electron chi connectivity index (χ3n) is 2.53. The number of rotatable bonds is 6. The number of nitrogens with zero attached hydrogens (tertiary/aromatic N) is 1. The Balaban J connectivity index is 1.75. The number of hydrogen-bond acceptors (Lipinski definition) is 7. The molecule has 0 saturated carbocycles. The smallest absolute Gasteiger partial charge is 0.348 e. The Morgan fingerprint density at radius 1 is 1.00 bits per heavy atom. The van der Waals surface area contributed by atoms with Crippen molar-refractivity contribution in [1.29, 1.82) is 0 Å².